The zero-order valence-electron chi connectivity index (χ0n) is 13.7. The van der Waals surface area contributed by atoms with E-state index < -0.39 is 15.6 Å². The number of thiophene rings is 1. The van der Waals surface area contributed by atoms with Crippen molar-refractivity contribution in [3.8, 4) is 16.3 Å². The second kappa shape index (κ2) is 6.16. The first-order valence-electron chi connectivity index (χ1n) is 7.49. The first-order chi connectivity index (χ1) is 11.3. The van der Waals surface area contributed by atoms with Crippen LogP contribution in [-0.2, 0) is 10.0 Å². The van der Waals surface area contributed by atoms with Crippen LogP contribution in [0.15, 0.2) is 58.9 Å². The first kappa shape index (κ1) is 16.9. The third kappa shape index (κ3) is 3.58. The lowest BCUT2D eigenvalue weighted by Gasteiger charge is -2.20. The van der Waals surface area contributed by atoms with Gasteiger partial charge in [0.05, 0.1) is 16.8 Å². The molecule has 0 aliphatic heterocycles. The highest BCUT2D eigenvalue weighted by Gasteiger charge is 2.28. The predicted octanol–water partition coefficient (Wildman–Crippen LogP) is 3.68. The summed E-state index contributed by atoms with van der Waals surface area (Å²) in [6.07, 6.45) is 1.57. The highest BCUT2D eigenvalue weighted by Crippen LogP contribution is 2.31. The molecule has 0 saturated heterocycles. The number of hydrogen-bond acceptors (Lipinski definition) is 4. The summed E-state index contributed by atoms with van der Waals surface area (Å²) in [4.78, 5) is 1.00. The average Bonchev–Trinajstić information content (AvgIpc) is 3.15. The van der Waals surface area contributed by atoms with E-state index in [9.17, 15) is 8.42 Å². The molecule has 0 radical (unpaired) electrons. The standard InChI is InChI=1S/C17H19N3O2S2/c1-17(2,3)19-24(21,22)15-12-20(13-8-5-4-6-9-13)18-16(15)14-10-7-11-23-14/h4-12,19H,1-3H3. The van der Waals surface area contributed by atoms with Gasteiger partial charge in [-0.1, -0.05) is 24.3 Å². The molecular formula is C17H19N3O2S2. The number of benzene rings is 1. The number of nitrogens with zero attached hydrogens (tertiary/aromatic N) is 2. The van der Waals surface area contributed by atoms with E-state index in [1.165, 1.54) is 11.3 Å². The summed E-state index contributed by atoms with van der Waals surface area (Å²) in [5, 5.41) is 6.43. The van der Waals surface area contributed by atoms with Crippen molar-refractivity contribution in [1.29, 1.82) is 0 Å². The van der Waals surface area contributed by atoms with E-state index in [0.717, 1.165) is 10.6 Å². The van der Waals surface area contributed by atoms with Crippen molar-refractivity contribution in [2.45, 2.75) is 31.2 Å². The minimum Gasteiger partial charge on any atom is -0.239 e. The molecule has 126 valence electrons. The van der Waals surface area contributed by atoms with E-state index in [-0.39, 0.29) is 4.90 Å². The summed E-state index contributed by atoms with van der Waals surface area (Å²) in [6.45, 7) is 5.45. The fraction of sp³-hybridized carbons (Fsp3) is 0.235. The molecule has 3 rings (SSSR count). The van der Waals surface area contributed by atoms with Gasteiger partial charge in [0.25, 0.3) is 0 Å². The Balaban J connectivity index is 2.16. The zero-order valence-corrected chi connectivity index (χ0v) is 15.4. The molecule has 0 fully saturated rings. The van der Waals surface area contributed by atoms with Gasteiger partial charge in [-0.05, 0) is 44.4 Å². The molecule has 5 nitrogen and oxygen atoms in total. The predicted molar refractivity (Wildman–Crippen MR) is 97.0 cm³/mol. The fourth-order valence-electron chi connectivity index (χ4n) is 2.31. The maximum absolute atomic E-state index is 12.8. The largest absolute Gasteiger partial charge is 0.244 e. The van der Waals surface area contributed by atoms with E-state index >= 15 is 0 Å². The summed E-state index contributed by atoms with van der Waals surface area (Å²) in [6, 6.07) is 13.2. The van der Waals surface area contributed by atoms with Gasteiger partial charge in [-0.25, -0.2) is 17.8 Å². The molecule has 0 atom stereocenters. The molecule has 0 spiro atoms. The minimum absolute atomic E-state index is 0.184. The maximum Gasteiger partial charge on any atom is 0.244 e. The van der Waals surface area contributed by atoms with Crippen LogP contribution in [0.3, 0.4) is 0 Å². The monoisotopic (exact) mass is 361 g/mol. The van der Waals surface area contributed by atoms with Crippen molar-refractivity contribution in [3.05, 3.63) is 54.0 Å². The highest BCUT2D eigenvalue weighted by atomic mass is 32.2. The molecule has 2 heterocycles. The van der Waals surface area contributed by atoms with E-state index in [1.54, 1.807) is 10.9 Å². The second-order valence-corrected chi connectivity index (χ2v) is 9.05. The molecule has 0 unspecified atom stereocenters. The maximum atomic E-state index is 12.8. The molecule has 1 N–H and O–H groups in total. The lowest BCUT2D eigenvalue weighted by Crippen LogP contribution is -2.40. The topological polar surface area (TPSA) is 64.0 Å². The molecule has 0 aliphatic rings. The quantitative estimate of drug-likeness (QED) is 0.771. The van der Waals surface area contributed by atoms with Crippen molar-refractivity contribution >= 4 is 21.4 Å². The van der Waals surface area contributed by atoms with Crippen LogP contribution < -0.4 is 4.72 Å². The molecule has 0 bridgehead atoms. The Bertz CT molecular complexity index is 922. The van der Waals surface area contributed by atoms with Crippen LogP contribution >= 0.6 is 11.3 Å². The Kier molecular flexibility index (Phi) is 4.33. The van der Waals surface area contributed by atoms with Crippen molar-refractivity contribution < 1.29 is 8.42 Å². The van der Waals surface area contributed by atoms with Crippen molar-refractivity contribution in [3.63, 3.8) is 0 Å². The van der Waals surface area contributed by atoms with Crippen LogP contribution in [0.4, 0.5) is 0 Å². The Morgan fingerprint density at radius 3 is 2.38 bits per heavy atom. The van der Waals surface area contributed by atoms with Crippen LogP contribution in [0.1, 0.15) is 20.8 Å². The van der Waals surface area contributed by atoms with Crippen LogP contribution in [0.2, 0.25) is 0 Å². The van der Waals surface area contributed by atoms with Gasteiger partial charge in [0, 0.05) is 5.54 Å². The normalized spacial score (nSPS) is 12.5. The Morgan fingerprint density at radius 2 is 1.79 bits per heavy atom. The van der Waals surface area contributed by atoms with Gasteiger partial charge in [-0.15, -0.1) is 11.3 Å². The molecule has 7 heteroatoms. The third-order valence-corrected chi connectivity index (χ3v) is 5.82. The van der Waals surface area contributed by atoms with Gasteiger partial charge in [-0.3, -0.25) is 0 Å². The number of aromatic nitrogens is 2. The number of hydrogen-bond donors (Lipinski definition) is 1. The zero-order chi connectivity index (χ0) is 17.4. The third-order valence-electron chi connectivity index (χ3n) is 3.19. The molecule has 24 heavy (non-hydrogen) atoms. The van der Waals surface area contributed by atoms with Crippen LogP contribution in [0, 0.1) is 0 Å². The van der Waals surface area contributed by atoms with Gasteiger partial charge in [0.2, 0.25) is 10.0 Å². The molecular weight excluding hydrogens is 342 g/mol. The van der Waals surface area contributed by atoms with Gasteiger partial charge in [0.15, 0.2) is 0 Å². The van der Waals surface area contributed by atoms with Gasteiger partial charge in [-0.2, -0.15) is 5.10 Å². The molecule has 0 amide bonds. The minimum atomic E-state index is -3.69. The Labute approximate surface area is 146 Å². The van der Waals surface area contributed by atoms with E-state index in [0.29, 0.717) is 5.69 Å². The van der Waals surface area contributed by atoms with E-state index in [4.69, 9.17) is 0 Å². The SMILES string of the molecule is CC(C)(C)NS(=O)(=O)c1cn(-c2ccccc2)nc1-c1cccs1. The van der Waals surface area contributed by atoms with Crippen LogP contribution in [0.5, 0.6) is 0 Å². The number of rotatable bonds is 4. The van der Waals surface area contributed by atoms with Crippen LogP contribution in [-0.4, -0.2) is 23.7 Å². The highest BCUT2D eigenvalue weighted by molar-refractivity contribution is 7.89. The second-order valence-electron chi connectivity index (χ2n) is 6.45. The lowest BCUT2D eigenvalue weighted by molar-refractivity contribution is 0.491. The number of para-hydroxylation sites is 1. The summed E-state index contributed by atoms with van der Waals surface area (Å²) in [5.41, 5.74) is 0.707. The Morgan fingerprint density at radius 1 is 1.08 bits per heavy atom. The lowest BCUT2D eigenvalue weighted by atomic mass is 10.1. The summed E-state index contributed by atoms with van der Waals surface area (Å²) in [7, 11) is -3.69. The molecule has 0 aliphatic carbocycles. The number of nitrogens with one attached hydrogen (secondary N) is 1. The van der Waals surface area contributed by atoms with Crippen molar-refractivity contribution in [1.82, 2.24) is 14.5 Å². The van der Waals surface area contributed by atoms with Crippen molar-refractivity contribution in [2.75, 3.05) is 0 Å². The van der Waals surface area contributed by atoms with Crippen LogP contribution in [0.25, 0.3) is 16.3 Å². The Hall–Kier alpha value is -1.96. The van der Waals surface area contributed by atoms with Gasteiger partial charge in [0.1, 0.15) is 10.6 Å². The average molecular weight is 361 g/mol. The van der Waals surface area contributed by atoms with E-state index in [2.05, 4.69) is 9.82 Å². The summed E-state index contributed by atoms with van der Waals surface area (Å²) >= 11 is 1.46. The molecule has 1 aromatic carbocycles. The van der Waals surface area contributed by atoms with Crippen molar-refractivity contribution in [2.24, 2.45) is 0 Å². The number of sulfonamides is 1. The van der Waals surface area contributed by atoms with E-state index in [1.807, 2.05) is 68.6 Å². The molecule has 2 aromatic heterocycles. The van der Waals surface area contributed by atoms with Gasteiger partial charge < -0.3 is 0 Å². The summed E-state index contributed by atoms with van der Waals surface area (Å²) < 4.78 is 30.0. The fourth-order valence-corrected chi connectivity index (χ4v) is 4.66. The smallest absolute Gasteiger partial charge is 0.239 e. The first-order valence-corrected chi connectivity index (χ1v) is 9.85. The molecule has 3 aromatic rings. The molecule has 0 saturated carbocycles. The summed E-state index contributed by atoms with van der Waals surface area (Å²) in [5.74, 6) is 0. The van der Waals surface area contributed by atoms with Gasteiger partial charge >= 0.3 is 0 Å².